The molecule has 4 rings (SSSR count). The largest absolute Gasteiger partial charge is 0.497 e. The first-order valence-electron chi connectivity index (χ1n) is 9.21. The van der Waals surface area contributed by atoms with Crippen LogP contribution in [0.5, 0.6) is 11.5 Å². The van der Waals surface area contributed by atoms with Gasteiger partial charge in [-0.1, -0.05) is 17.8 Å². The molecule has 2 atom stereocenters. The summed E-state index contributed by atoms with van der Waals surface area (Å²) in [6.07, 6.45) is 0. The minimum absolute atomic E-state index is 0.0352. The van der Waals surface area contributed by atoms with Crippen molar-refractivity contribution in [3.05, 3.63) is 48.0 Å². The average Bonchev–Trinajstić information content (AvgIpc) is 3.20. The minimum Gasteiger partial charge on any atom is -0.497 e. The Balaban J connectivity index is 1.46. The number of amides is 1. The summed E-state index contributed by atoms with van der Waals surface area (Å²) in [5, 5.41) is 6.67. The minimum atomic E-state index is -2.99. The summed E-state index contributed by atoms with van der Waals surface area (Å²) in [4.78, 5) is 17.2. The zero-order valence-electron chi connectivity index (χ0n) is 16.4. The molecule has 0 aromatic heterocycles. The van der Waals surface area contributed by atoms with Crippen LogP contribution in [0.4, 0.5) is 11.4 Å². The predicted octanol–water partition coefficient (Wildman–Crippen LogP) is 2.64. The molecule has 0 bridgehead atoms. The van der Waals surface area contributed by atoms with Gasteiger partial charge in [-0.3, -0.25) is 9.79 Å². The molecular formula is C20H21N3O5S2. The second-order valence-electron chi connectivity index (χ2n) is 7.00. The number of amidine groups is 1. The number of methoxy groups -OCH3 is 2. The van der Waals surface area contributed by atoms with Crippen LogP contribution in [0.3, 0.4) is 0 Å². The fourth-order valence-corrected chi connectivity index (χ4v) is 7.04. The SMILES string of the molecule is COc1cc(NC(=O)c2cccc(NC3=N[C@H]4CS(=O)(=O)C[C@H]4S3)c2)cc(OC)c1. The Morgan fingerprint density at radius 2 is 1.80 bits per heavy atom. The number of fused-ring (bicyclic) bond motifs is 1. The van der Waals surface area contributed by atoms with Crippen LogP contribution in [-0.4, -0.2) is 56.5 Å². The number of hydrogen-bond acceptors (Lipinski definition) is 8. The predicted molar refractivity (Wildman–Crippen MR) is 119 cm³/mol. The lowest BCUT2D eigenvalue weighted by Crippen LogP contribution is -2.14. The van der Waals surface area contributed by atoms with Gasteiger partial charge in [-0.15, -0.1) is 0 Å². The number of sulfone groups is 1. The molecule has 158 valence electrons. The molecule has 2 aromatic rings. The summed E-state index contributed by atoms with van der Waals surface area (Å²) in [5.41, 5.74) is 1.73. The van der Waals surface area contributed by atoms with E-state index in [0.29, 0.717) is 33.6 Å². The van der Waals surface area contributed by atoms with E-state index in [0.717, 1.165) is 0 Å². The molecular weight excluding hydrogens is 426 g/mol. The maximum Gasteiger partial charge on any atom is 0.255 e. The van der Waals surface area contributed by atoms with Gasteiger partial charge in [-0.05, 0) is 18.2 Å². The number of carbonyl (C=O) groups excluding carboxylic acids is 1. The Kier molecular flexibility index (Phi) is 5.61. The van der Waals surface area contributed by atoms with E-state index in [9.17, 15) is 13.2 Å². The van der Waals surface area contributed by atoms with Gasteiger partial charge in [-0.2, -0.15) is 0 Å². The maximum atomic E-state index is 12.7. The third kappa shape index (κ3) is 4.54. The molecule has 0 radical (unpaired) electrons. The van der Waals surface area contributed by atoms with Crippen molar-refractivity contribution in [1.82, 2.24) is 0 Å². The summed E-state index contributed by atoms with van der Waals surface area (Å²) < 4.78 is 33.8. The normalized spacial score (nSPS) is 21.5. The number of nitrogens with zero attached hydrogens (tertiary/aromatic N) is 1. The number of hydrogen-bond donors (Lipinski definition) is 2. The van der Waals surface area contributed by atoms with Gasteiger partial charge < -0.3 is 20.1 Å². The molecule has 30 heavy (non-hydrogen) atoms. The smallest absolute Gasteiger partial charge is 0.255 e. The van der Waals surface area contributed by atoms with E-state index in [4.69, 9.17) is 9.47 Å². The average molecular weight is 448 g/mol. The van der Waals surface area contributed by atoms with Gasteiger partial charge in [0.2, 0.25) is 0 Å². The number of anilines is 2. The van der Waals surface area contributed by atoms with Gasteiger partial charge in [0.05, 0.1) is 31.8 Å². The van der Waals surface area contributed by atoms with Crippen LogP contribution in [0, 0.1) is 0 Å². The maximum absolute atomic E-state index is 12.7. The molecule has 2 aliphatic heterocycles. The Labute approximate surface area is 179 Å². The summed E-state index contributed by atoms with van der Waals surface area (Å²) in [5.74, 6) is 1.12. The zero-order chi connectivity index (χ0) is 21.3. The molecule has 1 saturated heterocycles. The first-order valence-corrected chi connectivity index (χ1v) is 11.9. The number of nitrogens with one attached hydrogen (secondary N) is 2. The van der Waals surface area contributed by atoms with E-state index in [1.165, 1.54) is 11.8 Å². The van der Waals surface area contributed by atoms with Crippen molar-refractivity contribution < 1.29 is 22.7 Å². The number of aliphatic imine (C=N–C) groups is 1. The van der Waals surface area contributed by atoms with Crippen molar-refractivity contribution in [1.29, 1.82) is 0 Å². The second-order valence-corrected chi connectivity index (χ2v) is 10.4. The number of ether oxygens (including phenoxy) is 2. The first-order chi connectivity index (χ1) is 14.3. The van der Waals surface area contributed by atoms with E-state index < -0.39 is 9.84 Å². The third-order valence-electron chi connectivity index (χ3n) is 4.80. The van der Waals surface area contributed by atoms with Crippen molar-refractivity contribution in [2.75, 3.05) is 36.4 Å². The van der Waals surface area contributed by atoms with Gasteiger partial charge in [0.1, 0.15) is 11.5 Å². The molecule has 0 unspecified atom stereocenters. The third-order valence-corrected chi connectivity index (χ3v) is 7.95. The van der Waals surface area contributed by atoms with E-state index in [-0.39, 0.29) is 28.7 Å². The van der Waals surface area contributed by atoms with Crippen LogP contribution in [-0.2, 0) is 9.84 Å². The summed E-state index contributed by atoms with van der Waals surface area (Å²) in [6.45, 7) is 0. The fraction of sp³-hybridized carbons (Fsp3) is 0.300. The van der Waals surface area contributed by atoms with E-state index in [2.05, 4.69) is 15.6 Å². The summed E-state index contributed by atoms with van der Waals surface area (Å²) >= 11 is 1.43. The van der Waals surface area contributed by atoms with Gasteiger partial charge in [0.25, 0.3) is 5.91 Å². The van der Waals surface area contributed by atoms with E-state index >= 15 is 0 Å². The molecule has 1 fully saturated rings. The highest BCUT2D eigenvalue weighted by Gasteiger charge is 2.42. The highest BCUT2D eigenvalue weighted by molar-refractivity contribution is 8.15. The molecule has 2 N–H and O–H groups in total. The molecule has 0 spiro atoms. The van der Waals surface area contributed by atoms with Gasteiger partial charge in [0, 0.05) is 40.4 Å². The molecule has 2 aromatic carbocycles. The zero-order valence-corrected chi connectivity index (χ0v) is 18.0. The van der Waals surface area contributed by atoms with E-state index in [1.807, 2.05) is 6.07 Å². The first kappa shape index (κ1) is 20.5. The van der Waals surface area contributed by atoms with Crippen molar-refractivity contribution in [3.63, 3.8) is 0 Å². The van der Waals surface area contributed by atoms with E-state index in [1.54, 1.807) is 50.6 Å². The number of rotatable bonds is 5. The monoisotopic (exact) mass is 447 g/mol. The van der Waals surface area contributed by atoms with Gasteiger partial charge in [-0.25, -0.2) is 8.42 Å². The van der Waals surface area contributed by atoms with Gasteiger partial charge >= 0.3 is 0 Å². The Morgan fingerprint density at radius 1 is 1.07 bits per heavy atom. The van der Waals surface area contributed by atoms with Crippen LogP contribution >= 0.6 is 11.8 Å². The highest BCUT2D eigenvalue weighted by Crippen LogP contribution is 2.34. The van der Waals surface area contributed by atoms with Crippen molar-refractivity contribution in [2.24, 2.45) is 4.99 Å². The lowest BCUT2D eigenvalue weighted by molar-refractivity contribution is 0.102. The molecule has 10 heteroatoms. The number of carbonyl (C=O) groups is 1. The Bertz CT molecular complexity index is 1090. The van der Waals surface area contributed by atoms with Crippen LogP contribution in [0.25, 0.3) is 0 Å². The van der Waals surface area contributed by atoms with Crippen LogP contribution in [0.15, 0.2) is 47.5 Å². The van der Waals surface area contributed by atoms with Crippen LogP contribution in [0.1, 0.15) is 10.4 Å². The number of benzene rings is 2. The Morgan fingerprint density at radius 3 is 2.47 bits per heavy atom. The standard InChI is InChI=1S/C20H21N3O5S2/c1-27-15-7-14(8-16(9-15)28-2)21-19(24)12-4-3-5-13(6-12)22-20-23-17-10-30(25,26)11-18(17)29-20/h3-9,17-18H,10-11H2,1-2H3,(H,21,24)(H,22,23)/t17-,18+/m0/s1. The van der Waals surface area contributed by atoms with Crippen LogP contribution in [0.2, 0.25) is 0 Å². The van der Waals surface area contributed by atoms with Crippen LogP contribution < -0.4 is 20.1 Å². The van der Waals surface area contributed by atoms with Crippen molar-refractivity contribution in [2.45, 2.75) is 11.3 Å². The molecule has 0 aliphatic carbocycles. The second kappa shape index (κ2) is 8.19. The summed E-state index contributed by atoms with van der Waals surface area (Å²) in [7, 11) is 0.103. The topological polar surface area (TPSA) is 106 Å². The molecule has 2 heterocycles. The lowest BCUT2D eigenvalue weighted by Gasteiger charge is -2.11. The highest BCUT2D eigenvalue weighted by atomic mass is 32.2. The number of thioether (sulfide) groups is 1. The molecule has 0 saturated carbocycles. The summed E-state index contributed by atoms with van der Waals surface area (Å²) in [6, 6.07) is 12.0. The Hall–Kier alpha value is -2.72. The molecule has 1 amide bonds. The lowest BCUT2D eigenvalue weighted by atomic mass is 10.2. The van der Waals surface area contributed by atoms with Gasteiger partial charge in [0.15, 0.2) is 15.0 Å². The molecule has 8 nitrogen and oxygen atoms in total. The van der Waals surface area contributed by atoms with Crippen molar-refractivity contribution >= 4 is 44.0 Å². The fourth-order valence-electron chi connectivity index (χ4n) is 3.36. The van der Waals surface area contributed by atoms with Crippen molar-refractivity contribution in [3.8, 4) is 11.5 Å². The quantitative estimate of drug-likeness (QED) is 0.726. The molecule has 2 aliphatic rings.